The highest BCUT2D eigenvalue weighted by atomic mass is 16.5. The van der Waals surface area contributed by atoms with E-state index >= 15 is 0 Å². The number of hydrogen-bond acceptors (Lipinski definition) is 9. The average Bonchev–Trinajstić information content (AvgIpc) is 4.07. The van der Waals surface area contributed by atoms with Gasteiger partial charge >= 0.3 is 11.9 Å². The Labute approximate surface area is 351 Å². The van der Waals surface area contributed by atoms with Gasteiger partial charge in [-0.3, -0.25) is 29.0 Å². The third kappa shape index (κ3) is 13.7. The van der Waals surface area contributed by atoms with Gasteiger partial charge in [0.15, 0.2) is 5.69 Å². The predicted octanol–water partition coefficient (Wildman–Crippen LogP) is 7.02. The molecule has 60 heavy (non-hydrogen) atoms. The summed E-state index contributed by atoms with van der Waals surface area (Å²) in [6, 6.07) is 25.1. The quantitative estimate of drug-likeness (QED) is 0.0604. The number of benzene rings is 3. The number of likely N-dealkylation sites (N-methyl/N-ethyl adjacent to an activating group) is 1. The van der Waals surface area contributed by atoms with Gasteiger partial charge in [0.1, 0.15) is 0 Å². The molecule has 0 radical (unpaired) electrons. The fourth-order valence-corrected chi connectivity index (χ4v) is 6.84. The van der Waals surface area contributed by atoms with Gasteiger partial charge in [0.05, 0.1) is 24.3 Å². The highest BCUT2D eigenvalue weighted by Crippen LogP contribution is 2.30. The third-order valence-corrected chi connectivity index (χ3v) is 10.5. The maximum absolute atomic E-state index is 13.8. The lowest BCUT2D eigenvalue weighted by Crippen LogP contribution is -2.41. The number of aromatic nitrogens is 1. The minimum atomic E-state index is -1.01. The lowest BCUT2D eigenvalue weighted by atomic mass is 10.1. The molecule has 1 saturated carbocycles. The lowest BCUT2D eigenvalue weighted by Gasteiger charge is -2.32. The number of nitrogens with one attached hydrogen (secondary N) is 2. The first-order chi connectivity index (χ1) is 28.8. The SMILES string of the molecule is CCC(CC)N(CCN(C)C(=O)CCC(=O)O)Cc1cccc(C(=O)Nc2ccc(OCC3CC3)nc2C(=O)Nc2ccc(CN(C)Cc3ccc(C(=O)O)cc3)cc2)c1. The molecule has 1 aliphatic carbocycles. The first kappa shape index (κ1) is 45.0. The Kier molecular flexibility index (Phi) is 16.3. The van der Waals surface area contributed by atoms with E-state index in [0.717, 1.165) is 42.4 Å². The Morgan fingerprint density at radius 1 is 0.750 bits per heavy atom. The molecule has 3 amide bonds. The molecule has 0 bridgehead atoms. The van der Waals surface area contributed by atoms with Gasteiger partial charge in [0.2, 0.25) is 11.8 Å². The van der Waals surface area contributed by atoms with E-state index in [-0.39, 0.29) is 41.7 Å². The fourth-order valence-electron chi connectivity index (χ4n) is 6.84. The number of carboxylic acids is 2. The van der Waals surface area contributed by atoms with E-state index in [9.17, 15) is 24.0 Å². The van der Waals surface area contributed by atoms with Gasteiger partial charge in [-0.25, -0.2) is 9.78 Å². The number of hydrogen-bond donors (Lipinski definition) is 4. The van der Waals surface area contributed by atoms with Crippen LogP contribution >= 0.6 is 0 Å². The number of nitrogens with zero attached hydrogens (tertiary/aromatic N) is 4. The van der Waals surface area contributed by atoms with Crippen molar-refractivity contribution < 1.29 is 38.9 Å². The molecule has 318 valence electrons. The normalized spacial score (nSPS) is 12.4. The van der Waals surface area contributed by atoms with Crippen LogP contribution in [-0.2, 0) is 29.2 Å². The largest absolute Gasteiger partial charge is 0.481 e. The van der Waals surface area contributed by atoms with Crippen LogP contribution in [0.1, 0.15) is 100 Å². The summed E-state index contributed by atoms with van der Waals surface area (Å²) in [5.41, 5.74) is 4.33. The number of carboxylic acid groups (broad SMARTS) is 2. The molecule has 1 aliphatic rings. The van der Waals surface area contributed by atoms with E-state index in [0.29, 0.717) is 62.4 Å². The standard InChI is InChI=1S/C46H56N6O8/c1-5-38(6-2)52(25-24-51(4)41(53)22-23-42(54)55)29-34-8-7-9-36(26-34)44(56)48-39-20-21-40(60-30-33-10-11-33)49-43(39)45(57)47-37-18-14-32(15-19-37)28-50(3)27-31-12-16-35(17-13-31)46(58)59/h7-9,12-21,26,33,38H,5-6,10-11,22-25,27-30H2,1-4H3,(H,47,57)(H,48,56)(H,54,55)(H,58,59). The molecule has 14 nitrogen and oxygen atoms in total. The molecule has 1 fully saturated rings. The van der Waals surface area contributed by atoms with Gasteiger partial charge in [-0.15, -0.1) is 0 Å². The topological polar surface area (TPSA) is 182 Å². The molecule has 0 spiro atoms. The number of aromatic carboxylic acids is 1. The number of rotatable bonds is 23. The smallest absolute Gasteiger partial charge is 0.335 e. The summed E-state index contributed by atoms with van der Waals surface area (Å²) in [4.78, 5) is 72.7. The molecule has 4 aromatic rings. The van der Waals surface area contributed by atoms with Crippen LogP contribution < -0.4 is 15.4 Å². The van der Waals surface area contributed by atoms with Crippen LogP contribution in [0.25, 0.3) is 0 Å². The molecule has 4 N–H and O–H groups in total. The van der Waals surface area contributed by atoms with Crippen molar-refractivity contribution in [3.8, 4) is 5.88 Å². The zero-order valence-corrected chi connectivity index (χ0v) is 34.9. The molecule has 14 heteroatoms. The Morgan fingerprint density at radius 2 is 1.42 bits per heavy atom. The monoisotopic (exact) mass is 820 g/mol. The van der Waals surface area contributed by atoms with Crippen LogP contribution in [0.2, 0.25) is 0 Å². The van der Waals surface area contributed by atoms with Crippen LogP contribution in [0.3, 0.4) is 0 Å². The lowest BCUT2D eigenvalue weighted by molar-refractivity contribution is -0.140. The van der Waals surface area contributed by atoms with Crippen molar-refractivity contribution in [3.05, 3.63) is 118 Å². The number of carbonyl (C=O) groups excluding carboxylic acids is 3. The summed E-state index contributed by atoms with van der Waals surface area (Å²) in [7, 11) is 3.66. The fraction of sp³-hybridized carbons (Fsp3) is 0.391. The number of ether oxygens (including phenoxy) is 1. The number of pyridine rings is 1. The first-order valence-electron chi connectivity index (χ1n) is 20.5. The second-order valence-corrected chi connectivity index (χ2v) is 15.4. The maximum atomic E-state index is 13.8. The van der Waals surface area contributed by atoms with Crippen molar-refractivity contribution in [1.82, 2.24) is 19.7 Å². The molecule has 5 rings (SSSR count). The van der Waals surface area contributed by atoms with E-state index in [1.165, 1.54) is 0 Å². The molecule has 0 aliphatic heterocycles. The average molecular weight is 821 g/mol. The summed E-state index contributed by atoms with van der Waals surface area (Å²) in [5.74, 6) is -2.35. The van der Waals surface area contributed by atoms with Gasteiger partial charge < -0.3 is 30.5 Å². The summed E-state index contributed by atoms with van der Waals surface area (Å²) in [6.07, 6.45) is 3.70. The Morgan fingerprint density at radius 3 is 2.03 bits per heavy atom. The van der Waals surface area contributed by atoms with Gasteiger partial charge in [-0.1, -0.05) is 50.2 Å². The van der Waals surface area contributed by atoms with Crippen LogP contribution in [0.5, 0.6) is 5.88 Å². The van der Waals surface area contributed by atoms with Crippen molar-refractivity contribution >= 4 is 41.0 Å². The van der Waals surface area contributed by atoms with Gasteiger partial charge in [-0.2, -0.15) is 0 Å². The summed E-state index contributed by atoms with van der Waals surface area (Å²) >= 11 is 0. The van der Waals surface area contributed by atoms with Gasteiger partial charge in [0, 0.05) is 69.6 Å². The van der Waals surface area contributed by atoms with Gasteiger partial charge in [-0.05, 0) is 97.8 Å². The molecule has 1 heterocycles. The minimum absolute atomic E-state index is 0.00691. The molecular weight excluding hydrogens is 765 g/mol. The van der Waals surface area contributed by atoms with Crippen LogP contribution in [0.4, 0.5) is 11.4 Å². The van der Waals surface area contributed by atoms with E-state index in [1.54, 1.807) is 66.5 Å². The van der Waals surface area contributed by atoms with Crippen molar-refractivity contribution in [1.29, 1.82) is 0 Å². The molecule has 0 unspecified atom stereocenters. The molecule has 3 aromatic carbocycles. The van der Waals surface area contributed by atoms with Crippen molar-refractivity contribution in [3.63, 3.8) is 0 Å². The number of aliphatic carboxylic acids is 1. The molecule has 1 aromatic heterocycles. The Bertz CT molecular complexity index is 2100. The first-order valence-corrected chi connectivity index (χ1v) is 20.5. The van der Waals surface area contributed by atoms with Crippen LogP contribution in [0, 0.1) is 5.92 Å². The zero-order valence-electron chi connectivity index (χ0n) is 34.9. The van der Waals surface area contributed by atoms with E-state index in [1.807, 2.05) is 37.4 Å². The van der Waals surface area contributed by atoms with E-state index in [2.05, 4.69) is 39.3 Å². The maximum Gasteiger partial charge on any atom is 0.335 e. The molecule has 0 atom stereocenters. The van der Waals surface area contributed by atoms with Crippen molar-refractivity contribution in [2.45, 2.75) is 78.0 Å². The Balaban J connectivity index is 1.25. The van der Waals surface area contributed by atoms with Crippen molar-refractivity contribution in [2.75, 3.05) is 44.4 Å². The van der Waals surface area contributed by atoms with Crippen molar-refractivity contribution in [2.24, 2.45) is 5.92 Å². The van der Waals surface area contributed by atoms with Gasteiger partial charge in [0.25, 0.3) is 11.8 Å². The number of carbonyl (C=O) groups is 5. The number of amides is 3. The second-order valence-electron chi connectivity index (χ2n) is 15.4. The third-order valence-electron chi connectivity index (χ3n) is 10.5. The highest BCUT2D eigenvalue weighted by Gasteiger charge is 2.24. The van der Waals surface area contributed by atoms with Crippen LogP contribution in [0.15, 0.2) is 84.9 Å². The van der Waals surface area contributed by atoms with Crippen LogP contribution in [-0.4, -0.2) is 99.4 Å². The second kappa shape index (κ2) is 21.8. The van der Waals surface area contributed by atoms with E-state index in [4.69, 9.17) is 14.9 Å². The molecular formula is C46H56N6O8. The highest BCUT2D eigenvalue weighted by molar-refractivity contribution is 6.11. The Hall–Kier alpha value is -6.12. The van der Waals surface area contributed by atoms with E-state index < -0.39 is 23.8 Å². The summed E-state index contributed by atoms with van der Waals surface area (Å²) in [6.45, 7) is 7.51. The number of anilines is 2. The summed E-state index contributed by atoms with van der Waals surface area (Å²) < 4.78 is 5.90. The minimum Gasteiger partial charge on any atom is -0.481 e. The summed E-state index contributed by atoms with van der Waals surface area (Å²) in [5, 5.41) is 24.0. The zero-order chi connectivity index (χ0) is 43.2. The predicted molar refractivity (Wildman–Crippen MR) is 229 cm³/mol. The molecule has 0 saturated heterocycles.